The van der Waals surface area contributed by atoms with E-state index in [1.165, 1.54) is 83.3 Å². The molecule has 166 valence electrons. The van der Waals surface area contributed by atoms with E-state index in [9.17, 15) is 0 Å². The molecule has 0 spiro atoms. The Labute approximate surface area is 196 Å². The zero-order chi connectivity index (χ0) is 21.1. The maximum atomic E-state index is 3.98. The van der Waals surface area contributed by atoms with Crippen LogP contribution in [0.2, 0.25) is 0 Å². The summed E-state index contributed by atoms with van der Waals surface area (Å²) in [4.78, 5) is 5.61. The summed E-state index contributed by atoms with van der Waals surface area (Å²) in [6, 6.07) is 9.67. The third-order valence-corrected chi connectivity index (χ3v) is 11.5. The van der Waals surface area contributed by atoms with Crippen molar-refractivity contribution in [1.29, 1.82) is 0 Å². The molecule has 0 radical (unpaired) electrons. The van der Waals surface area contributed by atoms with Crippen molar-refractivity contribution >= 4 is 45.7 Å². The molecule has 2 aliphatic heterocycles. The molecule has 2 unspecified atom stereocenters. The molecule has 0 aromatic heterocycles. The molecule has 1 N–H and O–H groups in total. The van der Waals surface area contributed by atoms with Crippen LogP contribution >= 0.6 is 23.5 Å². The van der Waals surface area contributed by atoms with Crippen LogP contribution in [-0.2, 0) is 0 Å². The average Bonchev–Trinajstić information content (AvgIpc) is 2.79. The highest BCUT2D eigenvalue weighted by atomic mass is 32.2. The number of nitrogens with one attached hydrogen (secondary N) is 1. The lowest BCUT2D eigenvalue weighted by molar-refractivity contribution is 0.283. The Balaban J connectivity index is 1.31. The lowest BCUT2D eigenvalue weighted by Gasteiger charge is -2.43. The van der Waals surface area contributed by atoms with Crippen LogP contribution in [0.15, 0.2) is 34.1 Å². The predicted molar refractivity (Wildman–Crippen MR) is 138 cm³/mol. The standard InChI is InChI=1S/C27H36N2S2/c1-16-4-8-18(9-5-16)26-28-20-12-14-23-25-21(13-15-22(30-26)24(20)25)29(3)27(31-23)19-10-6-17(2)7-11-19/h12-19,26-28H,4-11H2,1-3H3. The molecule has 2 heterocycles. The number of thioether (sulfide) groups is 2. The molecular weight excluding hydrogens is 416 g/mol. The van der Waals surface area contributed by atoms with Crippen LogP contribution in [0.3, 0.4) is 0 Å². The van der Waals surface area contributed by atoms with Gasteiger partial charge in [0, 0.05) is 39.0 Å². The van der Waals surface area contributed by atoms with Crippen LogP contribution in [0.25, 0.3) is 10.8 Å². The van der Waals surface area contributed by atoms with Gasteiger partial charge in [-0.2, -0.15) is 0 Å². The molecule has 0 amide bonds. The first-order chi connectivity index (χ1) is 15.1. The van der Waals surface area contributed by atoms with Crippen LogP contribution in [0, 0.1) is 23.7 Å². The Kier molecular flexibility index (Phi) is 5.38. The Morgan fingerprint density at radius 3 is 2.06 bits per heavy atom. The summed E-state index contributed by atoms with van der Waals surface area (Å²) in [5, 5.41) is 8.07. The highest BCUT2D eigenvalue weighted by Gasteiger charge is 2.37. The zero-order valence-corrected chi connectivity index (χ0v) is 20.8. The molecule has 2 aromatic carbocycles. The molecule has 2 atom stereocenters. The van der Waals surface area contributed by atoms with Crippen molar-refractivity contribution in [1.82, 2.24) is 0 Å². The third kappa shape index (κ3) is 3.57. The van der Waals surface area contributed by atoms with E-state index in [0.717, 1.165) is 23.7 Å². The fourth-order valence-corrected chi connectivity index (χ4v) is 9.35. The third-order valence-electron chi connectivity index (χ3n) is 8.58. The molecule has 4 heteroatoms. The van der Waals surface area contributed by atoms with Gasteiger partial charge in [-0.25, -0.2) is 0 Å². The first-order valence-corrected chi connectivity index (χ1v) is 14.3. The maximum absolute atomic E-state index is 3.98. The summed E-state index contributed by atoms with van der Waals surface area (Å²) in [5.41, 5.74) is 2.82. The quantitative estimate of drug-likeness (QED) is 0.493. The van der Waals surface area contributed by atoms with Crippen LogP contribution in [0.4, 0.5) is 11.4 Å². The second-order valence-corrected chi connectivity index (χ2v) is 13.1. The molecule has 6 rings (SSSR count). The molecule has 2 aromatic rings. The minimum Gasteiger partial charge on any atom is -0.372 e. The van der Waals surface area contributed by atoms with Crippen molar-refractivity contribution in [3.8, 4) is 0 Å². The number of hydrogen-bond donors (Lipinski definition) is 1. The van der Waals surface area contributed by atoms with Gasteiger partial charge in [-0.1, -0.05) is 39.5 Å². The number of rotatable bonds is 2. The normalized spacial score (nSPS) is 35.1. The Morgan fingerprint density at radius 2 is 1.35 bits per heavy atom. The summed E-state index contributed by atoms with van der Waals surface area (Å²) in [5.74, 6) is 3.44. The summed E-state index contributed by atoms with van der Waals surface area (Å²) >= 11 is 4.24. The topological polar surface area (TPSA) is 15.3 Å². The molecule has 2 fully saturated rings. The molecule has 4 aliphatic rings. The molecule has 2 aliphatic carbocycles. The van der Waals surface area contributed by atoms with Gasteiger partial charge in [0.05, 0.1) is 10.7 Å². The van der Waals surface area contributed by atoms with Crippen molar-refractivity contribution in [3.05, 3.63) is 24.3 Å². The first kappa shape index (κ1) is 20.6. The van der Waals surface area contributed by atoms with E-state index >= 15 is 0 Å². The smallest absolute Gasteiger partial charge is 0.0822 e. The summed E-state index contributed by atoms with van der Waals surface area (Å²) < 4.78 is 0. The van der Waals surface area contributed by atoms with Crippen molar-refractivity contribution in [2.45, 2.75) is 85.8 Å². The van der Waals surface area contributed by atoms with Gasteiger partial charge < -0.3 is 10.2 Å². The van der Waals surface area contributed by atoms with E-state index in [1.807, 2.05) is 0 Å². The summed E-state index contributed by atoms with van der Waals surface area (Å²) in [6.07, 6.45) is 11.1. The van der Waals surface area contributed by atoms with Gasteiger partial charge in [0.15, 0.2) is 0 Å². The van der Waals surface area contributed by atoms with Gasteiger partial charge in [0.25, 0.3) is 0 Å². The van der Waals surface area contributed by atoms with Crippen molar-refractivity contribution < 1.29 is 0 Å². The number of nitrogens with zero attached hydrogens (tertiary/aromatic N) is 1. The highest BCUT2D eigenvalue weighted by molar-refractivity contribution is 8.00. The fourth-order valence-electron chi connectivity index (χ4n) is 6.48. The van der Waals surface area contributed by atoms with Gasteiger partial charge in [-0.3, -0.25) is 0 Å². The lowest BCUT2D eigenvalue weighted by atomic mass is 9.82. The summed E-state index contributed by atoms with van der Waals surface area (Å²) in [6.45, 7) is 4.85. The minimum atomic E-state index is 0.533. The van der Waals surface area contributed by atoms with E-state index in [2.05, 4.69) is 78.9 Å². The van der Waals surface area contributed by atoms with Gasteiger partial charge in [-0.05, 0) is 73.6 Å². The first-order valence-electron chi connectivity index (χ1n) is 12.5. The van der Waals surface area contributed by atoms with Gasteiger partial charge in [0.2, 0.25) is 0 Å². The van der Waals surface area contributed by atoms with Crippen molar-refractivity contribution in [3.63, 3.8) is 0 Å². The van der Waals surface area contributed by atoms with E-state index in [0.29, 0.717) is 10.7 Å². The van der Waals surface area contributed by atoms with E-state index in [-0.39, 0.29) is 0 Å². The van der Waals surface area contributed by atoms with E-state index in [4.69, 9.17) is 0 Å². The van der Waals surface area contributed by atoms with Crippen molar-refractivity contribution in [2.75, 3.05) is 17.3 Å². The van der Waals surface area contributed by atoms with Crippen molar-refractivity contribution in [2.24, 2.45) is 23.7 Å². The van der Waals surface area contributed by atoms with Crippen LogP contribution in [0.5, 0.6) is 0 Å². The number of benzene rings is 2. The summed E-state index contributed by atoms with van der Waals surface area (Å²) in [7, 11) is 2.35. The SMILES string of the molecule is CC1CCC(C2Nc3ccc4c5c(ccc(c35)S2)N(C)C(C2CCC(C)CC2)S4)CC1. The highest BCUT2D eigenvalue weighted by Crippen LogP contribution is 2.54. The predicted octanol–water partition coefficient (Wildman–Crippen LogP) is 8.20. The van der Waals surface area contributed by atoms with Crippen LogP contribution in [0.1, 0.15) is 65.2 Å². The second kappa shape index (κ2) is 8.09. The Morgan fingerprint density at radius 1 is 0.742 bits per heavy atom. The van der Waals surface area contributed by atoms with Gasteiger partial charge >= 0.3 is 0 Å². The van der Waals surface area contributed by atoms with E-state index in [1.54, 1.807) is 0 Å². The van der Waals surface area contributed by atoms with Gasteiger partial charge in [0.1, 0.15) is 0 Å². The molecular formula is C27H36N2S2. The number of anilines is 2. The zero-order valence-electron chi connectivity index (χ0n) is 19.2. The molecule has 0 saturated heterocycles. The minimum absolute atomic E-state index is 0.533. The van der Waals surface area contributed by atoms with Crippen LogP contribution < -0.4 is 10.2 Å². The Bertz CT molecular complexity index is 961. The van der Waals surface area contributed by atoms with Gasteiger partial charge in [-0.15, -0.1) is 23.5 Å². The average molecular weight is 453 g/mol. The van der Waals surface area contributed by atoms with E-state index < -0.39 is 0 Å². The fraction of sp³-hybridized carbons (Fsp3) is 0.630. The molecule has 2 nitrogen and oxygen atoms in total. The Hall–Kier alpha value is -1.000. The molecule has 31 heavy (non-hydrogen) atoms. The van der Waals surface area contributed by atoms with Crippen LogP contribution in [-0.4, -0.2) is 17.8 Å². The molecule has 2 saturated carbocycles. The maximum Gasteiger partial charge on any atom is 0.0822 e. The number of hydrogen-bond acceptors (Lipinski definition) is 4. The lowest BCUT2D eigenvalue weighted by Crippen LogP contribution is -2.39. The largest absolute Gasteiger partial charge is 0.372 e. The monoisotopic (exact) mass is 452 g/mol. The molecule has 0 bridgehead atoms. The second-order valence-electron chi connectivity index (χ2n) is 10.8.